The Balaban J connectivity index is 1.32. The van der Waals surface area contributed by atoms with Crippen LogP contribution in [0.2, 0.25) is 0 Å². The monoisotopic (exact) mass is 840 g/mol. The molecule has 6 atom stereocenters. The van der Waals surface area contributed by atoms with Gasteiger partial charge in [-0.2, -0.15) is 0 Å². The van der Waals surface area contributed by atoms with E-state index in [-0.39, 0.29) is 55.8 Å². The maximum atomic E-state index is 15.3. The quantitative estimate of drug-likeness (QED) is 0.0460. The zero-order chi connectivity index (χ0) is 42.9. The normalized spacial score (nSPS) is 24.8. The maximum Gasteiger partial charge on any atom is 0.239 e. The average molecular weight is 841 g/mol. The Kier molecular flexibility index (Phi) is 14.4. The number of rotatable bonds is 20. The second-order valence-corrected chi connectivity index (χ2v) is 17.9. The summed E-state index contributed by atoms with van der Waals surface area (Å²) in [6.45, 7) is 5.14. The Labute approximate surface area is 367 Å². The zero-order valence-corrected chi connectivity index (χ0v) is 36.1. The van der Waals surface area contributed by atoms with Gasteiger partial charge in [0, 0.05) is 44.1 Å². The fourth-order valence-corrected chi connectivity index (χ4v) is 11.2. The third kappa shape index (κ3) is 9.36. The van der Waals surface area contributed by atoms with Crippen LogP contribution >= 0.6 is 0 Å². The van der Waals surface area contributed by atoms with Gasteiger partial charge in [0.15, 0.2) is 0 Å². The number of aliphatic hydroxyl groups excluding tert-OH is 2. The summed E-state index contributed by atoms with van der Waals surface area (Å²) in [5.74, 6) is -0.481. The number of fused-ring (bicyclic) bond motifs is 3. The van der Waals surface area contributed by atoms with Crippen LogP contribution in [0.25, 0.3) is 10.8 Å². The van der Waals surface area contributed by atoms with Crippen LogP contribution in [0.4, 0.5) is 0 Å². The number of phenolic OH excluding ortho intramolecular Hbond substituents is 1. The molecule has 1 amide bonds. The van der Waals surface area contributed by atoms with Crippen LogP contribution in [0, 0.1) is 23.7 Å². The summed E-state index contributed by atoms with van der Waals surface area (Å²) in [5, 5.41) is 38.2. The Hall–Kier alpha value is -4.96. The predicted octanol–water partition coefficient (Wildman–Crippen LogP) is 10.4. The molecule has 62 heavy (non-hydrogen) atoms. The number of carbonyl (C=O) groups excluding carboxylic acids is 1. The minimum Gasteiger partial charge on any atom is -0.508 e. The van der Waals surface area contributed by atoms with Gasteiger partial charge in [-0.05, 0) is 95.5 Å². The number of aliphatic hydroxyl groups is 2. The molecule has 3 N–H and O–H groups in total. The van der Waals surface area contributed by atoms with E-state index in [9.17, 15) is 15.3 Å². The first-order valence-corrected chi connectivity index (χ1v) is 23.1. The molecule has 9 heteroatoms. The lowest BCUT2D eigenvalue weighted by Crippen LogP contribution is -2.70. The Bertz CT molecular complexity index is 2190. The highest BCUT2D eigenvalue weighted by atomic mass is 16.7. The number of oxime groups is 1. The lowest BCUT2D eigenvalue weighted by Gasteiger charge is -2.60. The van der Waals surface area contributed by atoms with E-state index in [4.69, 9.17) is 19.5 Å². The highest BCUT2D eigenvalue weighted by molar-refractivity contribution is 6.03. The van der Waals surface area contributed by atoms with Crippen LogP contribution in [0.15, 0.2) is 120 Å². The van der Waals surface area contributed by atoms with Crippen molar-refractivity contribution in [2.24, 2.45) is 28.8 Å². The third-order valence-electron chi connectivity index (χ3n) is 14.1. The standard InChI is InChI=1S/C53H64N2O7/c1-2-31-60-53-49(55(50(59)28-25-37-15-6-7-16-37)35-41-22-14-21-39-19-8-9-23-43(39)41)34-47(54-61-36-38-17-4-3-5-18-38)45-32-40(20-10-12-29-56)44(24-11-13-30-57)51(52(45)53)46-33-42(58)26-27-48(46)62-53/h2-5,8-9,14,17-19,21-23,26-27,32-33,37,40,44,49,51-52,56-58H,1,6-7,10-13,15-16,20,24-25,28-31,34-36H2/t40-,44+,49-,51+,52+,53+/m0/s1. The molecule has 0 bridgehead atoms. The first kappa shape index (κ1) is 43.7. The van der Waals surface area contributed by atoms with Gasteiger partial charge in [-0.15, -0.1) is 6.58 Å². The number of hydrogen-bond acceptors (Lipinski definition) is 8. The van der Waals surface area contributed by atoms with Gasteiger partial charge < -0.3 is 34.5 Å². The second kappa shape index (κ2) is 20.5. The van der Waals surface area contributed by atoms with E-state index in [0.29, 0.717) is 43.9 Å². The van der Waals surface area contributed by atoms with E-state index in [1.54, 1.807) is 12.1 Å². The number of aromatic hydroxyl groups is 1. The number of amides is 1. The molecular formula is C53H64N2O7. The van der Waals surface area contributed by atoms with Crippen molar-refractivity contribution < 1.29 is 34.4 Å². The minimum atomic E-state index is -1.37. The topological polar surface area (TPSA) is 121 Å². The smallest absolute Gasteiger partial charge is 0.239 e. The maximum absolute atomic E-state index is 15.3. The van der Waals surface area contributed by atoms with E-state index < -0.39 is 17.7 Å². The van der Waals surface area contributed by atoms with Gasteiger partial charge >= 0.3 is 0 Å². The number of unbranched alkanes of at least 4 members (excludes halogenated alkanes) is 2. The van der Waals surface area contributed by atoms with E-state index in [2.05, 4.69) is 49.1 Å². The molecule has 8 rings (SSSR count). The van der Waals surface area contributed by atoms with E-state index in [0.717, 1.165) is 83.7 Å². The van der Waals surface area contributed by atoms with Crippen LogP contribution in [0.3, 0.4) is 0 Å². The van der Waals surface area contributed by atoms with Crippen LogP contribution in [-0.2, 0) is 27.5 Å². The van der Waals surface area contributed by atoms with Crippen molar-refractivity contribution in [1.82, 2.24) is 4.90 Å². The number of carbonyl (C=O) groups is 1. The zero-order valence-electron chi connectivity index (χ0n) is 36.1. The SMILES string of the molecule is C=CCO[C@@]12Oc3ccc(O)cc3[C@H]3[C@H](CCCCO)[C@@H](CCCCO)C=C(C(=NOCc4ccccc4)C[C@@H]1N(Cc1cccc4ccccc14)C(=O)CCC1CCCC1)[C@H]32. The Morgan fingerprint density at radius 1 is 0.903 bits per heavy atom. The second-order valence-electron chi connectivity index (χ2n) is 17.9. The predicted molar refractivity (Wildman–Crippen MR) is 244 cm³/mol. The summed E-state index contributed by atoms with van der Waals surface area (Å²) in [7, 11) is 0. The molecule has 2 fully saturated rings. The summed E-state index contributed by atoms with van der Waals surface area (Å²) < 4.78 is 14.6. The number of benzene rings is 4. The van der Waals surface area contributed by atoms with Crippen molar-refractivity contribution >= 4 is 22.4 Å². The minimum absolute atomic E-state index is 0.0576. The summed E-state index contributed by atoms with van der Waals surface area (Å²) >= 11 is 0. The van der Waals surface area contributed by atoms with Crippen LogP contribution in [0.1, 0.15) is 106 Å². The first-order chi connectivity index (χ1) is 30.4. The van der Waals surface area contributed by atoms with Gasteiger partial charge in [-0.3, -0.25) is 4.79 Å². The lowest BCUT2D eigenvalue weighted by molar-refractivity contribution is -0.258. The molecule has 1 heterocycles. The molecule has 3 aliphatic carbocycles. The lowest BCUT2D eigenvalue weighted by atomic mass is 9.55. The van der Waals surface area contributed by atoms with Crippen LogP contribution < -0.4 is 4.74 Å². The van der Waals surface area contributed by atoms with Gasteiger partial charge in [0.2, 0.25) is 11.7 Å². The van der Waals surface area contributed by atoms with Crippen molar-refractivity contribution in [3.63, 3.8) is 0 Å². The van der Waals surface area contributed by atoms with E-state index in [1.165, 1.54) is 12.8 Å². The van der Waals surface area contributed by atoms with Crippen molar-refractivity contribution in [3.8, 4) is 11.5 Å². The summed E-state index contributed by atoms with van der Waals surface area (Å²) in [6.07, 6.45) is 15.1. The van der Waals surface area contributed by atoms with Gasteiger partial charge in [0.05, 0.1) is 18.2 Å². The first-order valence-electron chi connectivity index (χ1n) is 23.1. The Morgan fingerprint density at radius 2 is 1.66 bits per heavy atom. The van der Waals surface area contributed by atoms with Gasteiger partial charge in [0.25, 0.3) is 0 Å². The van der Waals surface area contributed by atoms with E-state index in [1.807, 2.05) is 53.4 Å². The highest BCUT2D eigenvalue weighted by Gasteiger charge is 2.65. The average Bonchev–Trinajstić information content (AvgIpc) is 3.83. The van der Waals surface area contributed by atoms with Gasteiger partial charge in [-0.1, -0.05) is 129 Å². The Morgan fingerprint density at radius 3 is 2.45 bits per heavy atom. The fraction of sp³-hybridized carbons (Fsp3) is 0.472. The van der Waals surface area contributed by atoms with Crippen molar-refractivity contribution in [2.75, 3.05) is 19.8 Å². The molecule has 4 aromatic rings. The van der Waals surface area contributed by atoms with Gasteiger partial charge in [-0.25, -0.2) is 0 Å². The summed E-state index contributed by atoms with van der Waals surface area (Å²) in [6, 6.07) is 29.4. The van der Waals surface area contributed by atoms with Crippen molar-refractivity contribution in [1.29, 1.82) is 0 Å². The molecule has 0 aromatic heterocycles. The number of phenols is 1. The highest BCUT2D eigenvalue weighted by Crippen LogP contribution is 2.62. The third-order valence-corrected chi connectivity index (χ3v) is 14.1. The van der Waals surface area contributed by atoms with Crippen molar-refractivity contribution in [2.45, 2.75) is 114 Å². The molecule has 1 aliphatic heterocycles. The number of hydrogen-bond donors (Lipinski definition) is 3. The number of allylic oxidation sites excluding steroid dienone is 1. The number of ether oxygens (including phenoxy) is 2. The molecule has 2 saturated carbocycles. The molecule has 0 spiro atoms. The molecule has 0 radical (unpaired) electrons. The molecule has 0 unspecified atom stereocenters. The molecular weight excluding hydrogens is 777 g/mol. The molecule has 4 aromatic carbocycles. The molecule has 328 valence electrons. The largest absolute Gasteiger partial charge is 0.508 e. The van der Waals surface area contributed by atoms with Crippen LogP contribution in [-0.4, -0.2) is 63.5 Å². The van der Waals surface area contributed by atoms with Crippen LogP contribution in [0.5, 0.6) is 11.5 Å². The summed E-state index contributed by atoms with van der Waals surface area (Å²) in [4.78, 5) is 23.7. The molecule has 4 aliphatic rings. The van der Waals surface area contributed by atoms with Gasteiger partial charge in [0.1, 0.15) is 24.1 Å². The molecule has 9 nitrogen and oxygen atoms in total. The van der Waals surface area contributed by atoms with E-state index >= 15 is 4.79 Å². The van der Waals surface area contributed by atoms with Crippen molar-refractivity contribution in [3.05, 3.63) is 132 Å². The summed E-state index contributed by atoms with van der Waals surface area (Å²) in [5.41, 5.74) is 4.69. The fourth-order valence-electron chi connectivity index (χ4n) is 11.2. The molecule has 0 saturated heterocycles. The number of nitrogens with zero attached hydrogens (tertiary/aromatic N) is 2.